The Hall–Kier alpha value is -1.59. The summed E-state index contributed by atoms with van der Waals surface area (Å²) in [7, 11) is -6.70. The van der Waals surface area contributed by atoms with Gasteiger partial charge in [0, 0.05) is 6.26 Å². The molecule has 1 aromatic rings. The van der Waals surface area contributed by atoms with Gasteiger partial charge in [0.1, 0.15) is 21.7 Å². The molecule has 0 radical (unpaired) electrons. The molecule has 0 aromatic heterocycles. The van der Waals surface area contributed by atoms with Gasteiger partial charge in [-0.1, -0.05) is 12.1 Å². The number of rotatable bonds is 8. The minimum Gasteiger partial charge on any atom is -0.492 e. The molecule has 0 saturated heterocycles. The lowest BCUT2D eigenvalue weighted by atomic mass is 10.2. The average Bonchev–Trinajstić information content (AvgIpc) is 2.41. The van der Waals surface area contributed by atoms with E-state index >= 15 is 0 Å². The summed E-state index contributed by atoms with van der Waals surface area (Å²) in [6, 6.07) is 8.66. The molecule has 0 heterocycles. The lowest BCUT2D eigenvalue weighted by Gasteiger charge is -2.08. The summed E-state index contributed by atoms with van der Waals surface area (Å²) in [5.74, 6) is -0.473. The third-order valence-electron chi connectivity index (χ3n) is 2.63. The molecule has 0 N–H and O–H groups in total. The number of para-hydroxylation sites is 1. The van der Waals surface area contributed by atoms with E-state index in [0.29, 0.717) is 11.3 Å². The van der Waals surface area contributed by atoms with Crippen molar-refractivity contribution in [3.8, 4) is 11.8 Å². The van der Waals surface area contributed by atoms with Crippen LogP contribution < -0.4 is 4.74 Å². The number of nitrogens with zero attached hydrogens (tertiary/aromatic N) is 1. The average molecular weight is 331 g/mol. The second-order valence-electron chi connectivity index (χ2n) is 4.59. The molecule has 1 rings (SSSR count). The minimum atomic E-state index is -3.41. The van der Waals surface area contributed by atoms with E-state index in [4.69, 9.17) is 10.00 Å². The van der Waals surface area contributed by atoms with Crippen molar-refractivity contribution in [2.24, 2.45) is 0 Å². The SMILES string of the molecule is CS(=O)(=O)CCS(=O)(=O)CCCOc1ccccc1C#N. The Kier molecular flexibility index (Phi) is 6.18. The Morgan fingerprint density at radius 1 is 1.10 bits per heavy atom. The van der Waals surface area contributed by atoms with Gasteiger partial charge in [0.25, 0.3) is 0 Å². The largest absolute Gasteiger partial charge is 0.492 e. The van der Waals surface area contributed by atoms with Crippen molar-refractivity contribution in [2.45, 2.75) is 6.42 Å². The fourth-order valence-corrected chi connectivity index (χ4v) is 4.51. The summed E-state index contributed by atoms with van der Waals surface area (Å²) in [6.07, 6.45) is 1.25. The lowest BCUT2D eigenvalue weighted by Crippen LogP contribution is -2.19. The highest BCUT2D eigenvalue weighted by atomic mass is 32.2. The van der Waals surface area contributed by atoms with Gasteiger partial charge in [-0.2, -0.15) is 5.26 Å². The van der Waals surface area contributed by atoms with E-state index in [9.17, 15) is 16.8 Å². The molecule has 6 nitrogen and oxygen atoms in total. The zero-order chi connectivity index (χ0) is 15.9. The molecule has 116 valence electrons. The van der Waals surface area contributed by atoms with Crippen LogP contribution in [0.15, 0.2) is 24.3 Å². The van der Waals surface area contributed by atoms with Crippen molar-refractivity contribution < 1.29 is 21.6 Å². The maximum Gasteiger partial charge on any atom is 0.151 e. The van der Waals surface area contributed by atoms with E-state index < -0.39 is 19.7 Å². The van der Waals surface area contributed by atoms with Gasteiger partial charge < -0.3 is 4.74 Å². The number of hydrogen-bond acceptors (Lipinski definition) is 6. The van der Waals surface area contributed by atoms with Crippen LogP contribution in [-0.2, 0) is 19.7 Å². The zero-order valence-electron chi connectivity index (χ0n) is 11.6. The molecular weight excluding hydrogens is 314 g/mol. The van der Waals surface area contributed by atoms with Gasteiger partial charge in [0.05, 0.1) is 29.4 Å². The molecular formula is C13H17NO5S2. The number of ether oxygens (including phenoxy) is 1. The first-order valence-corrected chi connectivity index (χ1v) is 10.1. The summed E-state index contributed by atoms with van der Waals surface area (Å²) in [5, 5.41) is 8.87. The fourth-order valence-electron chi connectivity index (χ4n) is 1.53. The van der Waals surface area contributed by atoms with E-state index in [-0.39, 0.29) is 30.3 Å². The fraction of sp³-hybridized carbons (Fsp3) is 0.462. The molecule has 0 fully saturated rings. The highest BCUT2D eigenvalue weighted by Crippen LogP contribution is 2.16. The molecule has 1 aromatic carbocycles. The summed E-state index contributed by atoms with van der Waals surface area (Å²) < 4.78 is 50.5. The Morgan fingerprint density at radius 2 is 1.76 bits per heavy atom. The summed E-state index contributed by atoms with van der Waals surface area (Å²) in [4.78, 5) is 0. The maximum atomic E-state index is 11.6. The van der Waals surface area contributed by atoms with Crippen LogP contribution in [0, 0.1) is 11.3 Å². The molecule has 8 heteroatoms. The van der Waals surface area contributed by atoms with E-state index in [0.717, 1.165) is 6.26 Å². The van der Waals surface area contributed by atoms with E-state index in [1.165, 1.54) is 0 Å². The lowest BCUT2D eigenvalue weighted by molar-refractivity contribution is 0.317. The number of hydrogen-bond donors (Lipinski definition) is 0. The van der Waals surface area contributed by atoms with Gasteiger partial charge in [-0.05, 0) is 18.6 Å². The first-order chi connectivity index (χ1) is 9.73. The zero-order valence-corrected chi connectivity index (χ0v) is 13.3. The third kappa shape index (κ3) is 7.11. The second-order valence-corrected chi connectivity index (χ2v) is 9.16. The van der Waals surface area contributed by atoms with Gasteiger partial charge in [-0.25, -0.2) is 16.8 Å². The van der Waals surface area contributed by atoms with E-state index in [1.807, 2.05) is 6.07 Å². The molecule has 0 aliphatic heterocycles. The van der Waals surface area contributed by atoms with Gasteiger partial charge in [0.15, 0.2) is 9.84 Å². The van der Waals surface area contributed by atoms with E-state index in [2.05, 4.69) is 0 Å². The Labute approximate surface area is 125 Å². The molecule has 0 spiro atoms. The van der Waals surface area contributed by atoms with E-state index in [1.54, 1.807) is 24.3 Å². The van der Waals surface area contributed by atoms with Gasteiger partial charge in [-0.3, -0.25) is 0 Å². The van der Waals surface area contributed by atoms with Crippen LogP contribution in [0.4, 0.5) is 0 Å². The number of sulfone groups is 2. The molecule has 0 bridgehead atoms. The predicted octanol–water partition coefficient (Wildman–Crippen LogP) is 0.787. The molecule has 0 aliphatic carbocycles. The van der Waals surface area contributed by atoms with Crippen molar-refractivity contribution >= 4 is 19.7 Å². The van der Waals surface area contributed by atoms with Crippen molar-refractivity contribution in [3.63, 3.8) is 0 Å². The van der Waals surface area contributed by atoms with Crippen molar-refractivity contribution in [3.05, 3.63) is 29.8 Å². The van der Waals surface area contributed by atoms with Crippen LogP contribution in [-0.4, -0.2) is 47.0 Å². The monoisotopic (exact) mass is 331 g/mol. The predicted molar refractivity (Wildman–Crippen MR) is 79.6 cm³/mol. The molecule has 0 saturated carbocycles. The Bertz CT molecular complexity index is 717. The highest BCUT2D eigenvalue weighted by Gasteiger charge is 2.14. The van der Waals surface area contributed by atoms with Gasteiger partial charge >= 0.3 is 0 Å². The van der Waals surface area contributed by atoms with Crippen molar-refractivity contribution in [2.75, 3.05) is 30.1 Å². The molecule has 21 heavy (non-hydrogen) atoms. The maximum absolute atomic E-state index is 11.6. The first-order valence-electron chi connectivity index (χ1n) is 6.23. The standard InChI is InChI=1S/C13H17NO5S2/c1-20(15,16)9-10-21(17,18)8-4-7-19-13-6-3-2-5-12(13)11-14/h2-3,5-6H,4,7-10H2,1H3. The summed E-state index contributed by atoms with van der Waals surface area (Å²) in [5.41, 5.74) is 0.387. The van der Waals surface area contributed by atoms with Crippen LogP contribution in [0.1, 0.15) is 12.0 Å². The van der Waals surface area contributed by atoms with Crippen LogP contribution in [0.2, 0.25) is 0 Å². The normalized spacial score (nSPS) is 11.8. The Balaban J connectivity index is 2.42. The molecule has 0 aliphatic rings. The minimum absolute atomic E-state index is 0.142. The first kappa shape index (κ1) is 17.5. The quantitative estimate of drug-likeness (QED) is 0.653. The second kappa shape index (κ2) is 7.43. The number of nitriles is 1. The summed E-state index contributed by atoms with van der Waals surface area (Å²) >= 11 is 0. The Morgan fingerprint density at radius 3 is 2.38 bits per heavy atom. The smallest absolute Gasteiger partial charge is 0.151 e. The van der Waals surface area contributed by atoms with Gasteiger partial charge in [0.2, 0.25) is 0 Å². The van der Waals surface area contributed by atoms with Crippen LogP contribution >= 0.6 is 0 Å². The topological polar surface area (TPSA) is 101 Å². The molecule has 0 unspecified atom stereocenters. The highest BCUT2D eigenvalue weighted by molar-refractivity contribution is 7.94. The van der Waals surface area contributed by atoms with Crippen LogP contribution in [0.3, 0.4) is 0 Å². The summed E-state index contributed by atoms with van der Waals surface area (Å²) in [6.45, 7) is 0.150. The third-order valence-corrected chi connectivity index (χ3v) is 5.57. The number of benzene rings is 1. The molecule has 0 atom stereocenters. The van der Waals surface area contributed by atoms with Crippen molar-refractivity contribution in [1.82, 2.24) is 0 Å². The van der Waals surface area contributed by atoms with Crippen LogP contribution in [0.5, 0.6) is 5.75 Å². The molecule has 0 amide bonds. The van der Waals surface area contributed by atoms with Gasteiger partial charge in [-0.15, -0.1) is 0 Å². The van der Waals surface area contributed by atoms with Crippen molar-refractivity contribution in [1.29, 1.82) is 5.26 Å². The van der Waals surface area contributed by atoms with Crippen LogP contribution in [0.25, 0.3) is 0 Å².